The highest BCUT2D eigenvalue weighted by molar-refractivity contribution is 5.75. The smallest absolute Gasteiger partial charge is 0.0948 e. The number of pyridine rings is 1. The highest BCUT2D eigenvalue weighted by Crippen LogP contribution is 2.27. The Balaban J connectivity index is 2.68. The molecule has 0 radical (unpaired) electrons. The van der Waals surface area contributed by atoms with Gasteiger partial charge in [-0.1, -0.05) is 0 Å². The van der Waals surface area contributed by atoms with Gasteiger partial charge < -0.3 is 10.3 Å². The van der Waals surface area contributed by atoms with Crippen molar-refractivity contribution in [3.05, 3.63) is 30.5 Å². The maximum Gasteiger partial charge on any atom is 0.0948 e. The van der Waals surface area contributed by atoms with Crippen molar-refractivity contribution in [3.63, 3.8) is 0 Å². The number of nitrogens with two attached hydrogens (primary N) is 1. The van der Waals surface area contributed by atoms with Gasteiger partial charge in [-0.3, -0.25) is 4.98 Å². The topological polar surface area (TPSA) is 56.7 Å². The Kier molecular flexibility index (Phi) is 1.96. The molecule has 2 rings (SSSR count). The number of aromatic nitrogens is 3. The summed E-state index contributed by atoms with van der Waals surface area (Å²) < 4.78 is 1.94. The van der Waals surface area contributed by atoms with E-state index in [0.717, 1.165) is 16.8 Å². The van der Waals surface area contributed by atoms with Crippen LogP contribution in [0, 0.1) is 6.92 Å². The maximum atomic E-state index is 5.88. The van der Waals surface area contributed by atoms with Crippen LogP contribution in [-0.4, -0.2) is 14.5 Å². The van der Waals surface area contributed by atoms with Crippen LogP contribution in [0.2, 0.25) is 0 Å². The van der Waals surface area contributed by atoms with E-state index in [1.807, 2.05) is 18.5 Å². The van der Waals surface area contributed by atoms with Gasteiger partial charge in [0, 0.05) is 18.8 Å². The van der Waals surface area contributed by atoms with Gasteiger partial charge in [0.2, 0.25) is 0 Å². The summed E-state index contributed by atoms with van der Waals surface area (Å²) in [7, 11) is 1.95. The number of aryl methyl sites for hydroxylation is 2. The molecule has 4 heteroatoms. The largest absolute Gasteiger partial charge is 0.397 e. The van der Waals surface area contributed by atoms with E-state index in [4.69, 9.17) is 5.73 Å². The number of hydrogen-bond acceptors (Lipinski definition) is 3. The van der Waals surface area contributed by atoms with Gasteiger partial charge in [-0.25, -0.2) is 4.98 Å². The third-order valence-electron chi connectivity index (χ3n) is 2.24. The molecule has 0 atom stereocenters. The highest BCUT2D eigenvalue weighted by atomic mass is 15.0. The van der Waals surface area contributed by atoms with Crippen molar-refractivity contribution in [1.82, 2.24) is 14.5 Å². The molecular formula is C10H12N4. The average molecular weight is 188 g/mol. The summed E-state index contributed by atoms with van der Waals surface area (Å²) >= 11 is 0. The fraction of sp³-hybridized carbons (Fsp3) is 0.200. The van der Waals surface area contributed by atoms with Gasteiger partial charge >= 0.3 is 0 Å². The molecule has 4 nitrogen and oxygen atoms in total. The Morgan fingerprint density at radius 3 is 2.57 bits per heavy atom. The van der Waals surface area contributed by atoms with Crippen LogP contribution in [-0.2, 0) is 7.05 Å². The molecule has 0 saturated carbocycles. The zero-order valence-corrected chi connectivity index (χ0v) is 8.23. The van der Waals surface area contributed by atoms with Crippen LogP contribution in [0.1, 0.15) is 5.56 Å². The molecule has 0 spiro atoms. The SMILES string of the molecule is Cc1cncc(N)c1-c1cncn1C. The lowest BCUT2D eigenvalue weighted by Crippen LogP contribution is -1.98. The van der Waals surface area contributed by atoms with E-state index < -0.39 is 0 Å². The van der Waals surface area contributed by atoms with Gasteiger partial charge in [0.25, 0.3) is 0 Å². The zero-order chi connectivity index (χ0) is 10.1. The average Bonchev–Trinajstić information content (AvgIpc) is 2.52. The van der Waals surface area contributed by atoms with E-state index in [2.05, 4.69) is 9.97 Å². The maximum absolute atomic E-state index is 5.88. The van der Waals surface area contributed by atoms with Crippen LogP contribution < -0.4 is 5.73 Å². The van der Waals surface area contributed by atoms with Crippen LogP contribution in [0.15, 0.2) is 24.9 Å². The number of hydrogen-bond donors (Lipinski definition) is 1. The molecule has 2 aromatic rings. The molecule has 72 valence electrons. The van der Waals surface area contributed by atoms with E-state index in [0.29, 0.717) is 5.69 Å². The summed E-state index contributed by atoms with van der Waals surface area (Å²) in [6.45, 7) is 1.99. The van der Waals surface area contributed by atoms with Crippen molar-refractivity contribution >= 4 is 5.69 Å². The predicted molar refractivity (Wildman–Crippen MR) is 55.6 cm³/mol. The molecule has 2 aromatic heterocycles. The highest BCUT2D eigenvalue weighted by Gasteiger charge is 2.09. The van der Waals surface area contributed by atoms with E-state index in [-0.39, 0.29) is 0 Å². The first-order valence-corrected chi connectivity index (χ1v) is 4.37. The molecule has 0 amide bonds. The summed E-state index contributed by atoms with van der Waals surface area (Å²) in [6.07, 6.45) is 7.03. The standard InChI is InChI=1S/C10H12N4/c1-7-3-12-4-8(11)10(7)9-5-13-6-14(9)2/h3-6H,11H2,1-2H3. The van der Waals surface area contributed by atoms with Gasteiger partial charge in [0.05, 0.1) is 30.1 Å². The van der Waals surface area contributed by atoms with E-state index in [1.165, 1.54) is 0 Å². The number of nitrogen functional groups attached to an aromatic ring is 1. The summed E-state index contributed by atoms with van der Waals surface area (Å²) in [6, 6.07) is 0. The van der Waals surface area contributed by atoms with E-state index in [9.17, 15) is 0 Å². The summed E-state index contributed by atoms with van der Waals surface area (Å²) in [5.41, 5.74) is 9.66. The van der Waals surface area contributed by atoms with E-state index >= 15 is 0 Å². The van der Waals surface area contributed by atoms with Crippen molar-refractivity contribution in [2.75, 3.05) is 5.73 Å². The molecule has 0 aliphatic carbocycles. The predicted octanol–water partition coefficient (Wildman–Crippen LogP) is 1.37. The van der Waals surface area contributed by atoms with Gasteiger partial charge in [-0.15, -0.1) is 0 Å². The minimum absolute atomic E-state index is 0.689. The Bertz CT molecular complexity index is 439. The fourth-order valence-electron chi connectivity index (χ4n) is 1.53. The minimum Gasteiger partial charge on any atom is -0.397 e. The second kappa shape index (κ2) is 3.14. The van der Waals surface area contributed by atoms with Crippen molar-refractivity contribution in [2.24, 2.45) is 7.05 Å². The first kappa shape index (κ1) is 8.74. The van der Waals surface area contributed by atoms with Crippen molar-refractivity contribution in [3.8, 4) is 11.3 Å². The Hall–Kier alpha value is -1.84. The van der Waals surface area contributed by atoms with Gasteiger partial charge in [-0.05, 0) is 12.5 Å². The number of imidazole rings is 1. The Morgan fingerprint density at radius 1 is 1.21 bits per heavy atom. The van der Waals surface area contributed by atoms with Gasteiger partial charge in [0.1, 0.15) is 0 Å². The van der Waals surface area contributed by atoms with Crippen LogP contribution in [0.25, 0.3) is 11.3 Å². The summed E-state index contributed by atoms with van der Waals surface area (Å²) in [5.74, 6) is 0. The molecule has 0 fully saturated rings. The quantitative estimate of drug-likeness (QED) is 0.735. The third-order valence-corrected chi connectivity index (χ3v) is 2.24. The van der Waals surface area contributed by atoms with Gasteiger partial charge in [0.15, 0.2) is 0 Å². The van der Waals surface area contributed by atoms with Crippen LogP contribution in [0.4, 0.5) is 5.69 Å². The number of nitrogens with zero attached hydrogens (tertiary/aromatic N) is 3. The second-order valence-corrected chi connectivity index (χ2v) is 3.31. The Labute approximate surface area is 82.4 Å². The second-order valence-electron chi connectivity index (χ2n) is 3.31. The first-order valence-electron chi connectivity index (χ1n) is 4.37. The van der Waals surface area contributed by atoms with Crippen molar-refractivity contribution < 1.29 is 0 Å². The lowest BCUT2D eigenvalue weighted by Gasteiger charge is -2.08. The number of rotatable bonds is 1. The van der Waals surface area contributed by atoms with Crippen LogP contribution >= 0.6 is 0 Å². The van der Waals surface area contributed by atoms with Gasteiger partial charge in [-0.2, -0.15) is 0 Å². The molecule has 0 aliphatic rings. The lowest BCUT2D eigenvalue weighted by molar-refractivity contribution is 0.920. The molecule has 0 saturated heterocycles. The fourth-order valence-corrected chi connectivity index (χ4v) is 1.53. The molecule has 2 N–H and O–H groups in total. The lowest BCUT2D eigenvalue weighted by atomic mass is 10.1. The Morgan fingerprint density at radius 2 is 2.00 bits per heavy atom. The normalized spacial score (nSPS) is 10.4. The molecule has 0 aliphatic heterocycles. The van der Waals surface area contributed by atoms with Crippen molar-refractivity contribution in [2.45, 2.75) is 6.92 Å². The van der Waals surface area contributed by atoms with E-state index in [1.54, 1.807) is 24.9 Å². The molecule has 2 heterocycles. The van der Waals surface area contributed by atoms with Crippen LogP contribution in [0.5, 0.6) is 0 Å². The van der Waals surface area contributed by atoms with Crippen LogP contribution in [0.3, 0.4) is 0 Å². The summed E-state index contributed by atoms with van der Waals surface area (Å²) in [5, 5.41) is 0. The molecule has 14 heavy (non-hydrogen) atoms. The zero-order valence-electron chi connectivity index (χ0n) is 8.23. The van der Waals surface area contributed by atoms with Crippen molar-refractivity contribution in [1.29, 1.82) is 0 Å². The molecule has 0 bridgehead atoms. The molecular weight excluding hydrogens is 176 g/mol. The minimum atomic E-state index is 0.689. The third kappa shape index (κ3) is 1.25. The molecule has 0 unspecified atom stereocenters. The monoisotopic (exact) mass is 188 g/mol. The first-order chi connectivity index (χ1) is 6.70. The molecule has 0 aromatic carbocycles. The summed E-state index contributed by atoms with van der Waals surface area (Å²) in [4.78, 5) is 8.10. The number of anilines is 1.